The van der Waals surface area contributed by atoms with E-state index in [0.717, 1.165) is 11.1 Å². The van der Waals surface area contributed by atoms with Gasteiger partial charge in [0, 0.05) is 25.7 Å². The van der Waals surface area contributed by atoms with Crippen molar-refractivity contribution in [3.05, 3.63) is 70.5 Å². The van der Waals surface area contributed by atoms with Crippen LogP contribution in [0.15, 0.2) is 42.5 Å². The fourth-order valence-electron chi connectivity index (χ4n) is 3.30. The molecule has 3 rings (SSSR count). The molecule has 1 heterocycles. The second-order valence-corrected chi connectivity index (χ2v) is 6.85. The zero-order valence-electron chi connectivity index (χ0n) is 15.3. The average Bonchev–Trinajstić information content (AvgIpc) is 2.63. The number of benzene rings is 2. The van der Waals surface area contributed by atoms with Crippen molar-refractivity contribution in [2.75, 3.05) is 20.1 Å². The van der Waals surface area contributed by atoms with Gasteiger partial charge in [-0.15, -0.1) is 0 Å². The average molecular weight is 354 g/mol. The van der Waals surface area contributed by atoms with Gasteiger partial charge < -0.3 is 9.80 Å². The molecule has 1 atom stereocenters. The van der Waals surface area contributed by atoms with Crippen molar-refractivity contribution < 1.29 is 14.0 Å². The largest absolute Gasteiger partial charge is 0.342 e. The van der Waals surface area contributed by atoms with Crippen molar-refractivity contribution in [2.24, 2.45) is 0 Å². The van der Waals surface area contributed by atoms with Gasteiger partial charge in [-0.1, -0.05) is 30.3 Å². The van der Waals surface area contributed by atoms with Crippen LogP contribution in [0.4, 0.5) is 4.39 Å². The molecule has 2 aromatic rings. The lowest BCUT2D eigenvalue weighted by molar-refractivity contribution is -0.137. The van der Waals surface area contributed by atoms with Crippen LogP contribution in [0.3, 0.4) is 0 Å². The first-order valence-corrected chi connectivity index (χ1v) is 8.77. The summed E-state index contributed by atoms with van der Waals surface area (Å²) in [4.78, 5) is 28.6. The smallest absolute Gasteiger partial charge is 0.254 e. The molecular formula is C21H23FN2O2. The van der Waals surface area contributed by atoms with E-state index >= 15 is 0 Å². The van der Waals surface area contributed by atoms with Crippen LogP contribution in [-0.4, -0.2) is 47.8 Å². The molecule has 136 valence electrons. The maximum Gasteiger partial charge on any atom is 0.254 e. The van der Waals surface area contributed by atoms with Crippen LogP contribution < -0.4 is 0 Å². The predicted octanol–water partition coefficient (Wildman–Crippen LogP) is 3.03. The molecule has 0 aliphatic carbocycles. The molecule has 1 saturated heterocycles. The lowest BCUT2D eigenvalue weighted by Crippen LogP contribution is -2.56. The second kappa shape index (κ2) is 7.28. The second-order valence-electron chi connectivity index (χ2n) is 6.85. The molecule has 0 spiro atoms. The Labute approximate surface area is 153 Å². The van der Waals surface area contributed by atoms with Crippen molar-refractivity contribution in [3.8, 4) is 0 Å². The Hall–Kier alpha value is -2.69. The predicted molar refractivity (Wildman–Crippen MR) is 98.5 cm³/mol. The summed E-state index contributed by atoms with van der Waals surface area (Å²) in [6, 6.07) is 12.0. The minimum Gasteiger partial charge on any atom is -0.342 e. The lowest BCUT2D eigenvalue weighted by Gasteiger charge is -2.37. The standard InChI is InChI=1S/C21H23FN2O2/c1-14-8-9-16(13-19(14)22)12-17-6-4-5-7-18(17)21(26)24-11-10-23(3)20(25)15(24)2/h4-9,13,15H,10-12H2,1-3H3. The number of rotatable bonds is 3. The molecule has 4 nitrogen and oxygen atoms in total. The maximum atomic E-state index is 13.8. The van der Waals surface area contributed by atoms with E-state index < -0.39 is 6.04 Å². The number of aryl methyl sites for hydroxylation is 1. The molecule has 1 fully saturated rings. The van der Waals surface area contributed by atoms with Gasteiger partial charge in [0.25, 0.3) is 5.91 Å². The number of hydrogen-bond donors (Lipinski definition) is 0. The summed E-state index contributed by atoms with van der Waals surface area (Å²) < 4.78 is 13.8. The topological polar surface area (TPSA) is 40.6 Å². The number of piperazine rings is 1. The Morgan fingerprint density at radius 3 is 2.65 bits per heavy atom. The lowest BCUT2D eigenvalue weighted by atomic mass is 9.97. The van der Waals surface area contributed by atoms with Crippen molar-refractivity contribution in [1.29, 1.82) is 0 Å². The van der Waals surface area contributed by atoms with E-state index in [4.69, 9.17) is 0 Å². The summed E-state index contributed by atoms with van der Waals surface area (Å²) in [5.41, 5.74) is 2.82. The molecule has 0 saturated carbocycles. The summed E-state index contributed by atoms with van der Waals surface area (Å²) in [7, 11) is 1.75. The highest BCUT2D eigenvalue weighted by Gasteiger charge is 2.33. The molecule has 0 N–H and O–H groups in total. The zero-order valence-corrected chi connectivity index (χ0v) is 15.3. The third-order valence-electron chi connectivity index (χ3n) is 5.02. The Kier molecular flexibility index (Phi) is 5.07. The van der Waals surface area contributed by atoms with E-state index in [2.05, 4.69) is 0 Å². The highest BCUT2D eigenvalue weighted by molar-refractivity contribution is 5.99. The minimum absolute atomic E-state index is 0.0531. The molecule has 1 unspecified atom stereocenters. The Morgan fingerprint density at radius 1 is 1.19 bits per heavy atom. The summed E-state index contributed by atoms with van der Waals surface area (Å²) in [5, 5.41) is 0. The number of nitrogens with zero attached hydrogens (tertiary/aromatic N) is 2. The van der Waals surface area contributed by atoms with Crippen LogP contribution in [-0.2, 0) is 11.2 Å². The Bertz CT molecular complexity index is 850. The zero-order chi connectivity index (χ0) is 18.8. The molecule has 0 radical (unpaired) electrons. The van der Waals surface area contributed by atoms with Gasteiger partial charge in [0.1, 0.15) is 11.9 Å². The fraction of sp³-hybridized carbons (Fsp3) is 0.333. The van der Waals surface area contributed by atoms with Crippen LogP contribution in [0.25, 0.3) is 0 Å². The normalized spacial score (nSPS) is 17.5. The summed E-state index contributed by atoms with van der Waals surface area (Å²) in [6.07, 6.45) is 0.467. The van der Waals surface area contributed by atoms with Gasteiger partial charge in [-0.25, -0.2) is 4.39 Å². The van der Waals surface area contributed by atoms with E-state index in [0.29, 0.717) is 30.6 Å². The number of halogens is 1. The van der Waals surface area contributed by atoms with E-state index in [1.54, 1.807) is 42.8 Å². The molecule has 0 aromatic heterocycles. The van der Waals surface area contributed by atoms with E-state index in [-0.39, 0.29) is 17.6 Å². The number of carbonyl (C=O) groups excluding carboxylic acids is 2. The number of likely N-dealkylation sites (N-methyl/N-ethyl adjacent to an activating group) is 1. The summed E-state index contributed by atoms with van der Waals surface area (Å²) in [6.45, 7) is 4.52. The van der Waals surface area contributed by atoms with Crippen LogP contribution in [0.5, 0.6) is 0 Å². The molecule has 0 bridgehead atoms. The SMILES string of the molecule is Cc1ccc(Cc2ccccc2C(=O)N2CCN(C)C(=O)C2C)cc1F. The molecule has 1 aliphatic heterocycles. The van der Waals surface area contributed by atoms with Gasteiger partial charge in [-0.3, -0.25) is 9.59 Å². The molecule has 5 heteroatoms. The molecular weight excluding hydrogens is 331 g/mol. The van der Waals surface area contributed by atoms with E-state index in [1.165, 1.54) is 6.07 Å². The molecule has 26 heavy (non-hydrogen) atoms. The first-order chi connectivity index (χ1) is 12.4. The van der Waals surface area contributed by atoms with Crippen LogP contribution in [0.1, 0.15) is 34.0 Å². The van der Waals surface area contributed by atoms with E-state index in [9.17, 15) is 14.0 Å². The number of carbonyl (C=O) groups is 2. The van der Waals surface area contributed by atoms with Gasteiger partial charge in [0.15, 0.2) is 0 Å². The Balaban J connectivity index is 1.88. The van der Waals surface area contributed by atoms with E-state index in [1.807, 2.05) is 24.3 Å². The third kappa shape index (κ3) is 3.47. The summed E-state index contributed by atoms with van der Waals surface area (Å²) in [5.74, 6) is -0.450. The van der Waals surface area contributed by atoms with Gasteiger partial charge in [-0.2, -0.15) is 0 Å². The molecule has 2 amide bonds. The highest BCUT2D eigenvalue weighted by Crippen LogP contribution is 2.20. The van der Waals surface area contributed by atoms with Crippen molar-refractivity contribution in [3.63, 3.8) is 0 Å². The van der Waals surface area contributed by atoms with Gasteiger partial charge in [0.05, 0.1) is 0 Å². The Morgan fingerprint density at radius 2 is 1.92 bits per heavy atom. The quantitative estimate of drug-likeness (QED) is 0.850. The van der Waals surface area contributed by atoms with Crippen molar-refractivity contribution in [2.45, 2.75) is 26.3 Å². The third-order valence-corrected chi connectivity index (χ3v) is 5.02. The van der Waals surface area contributed by atoms with Crippen molar-refractivity contribution >= 4 is 11.8 Å². The van der Waals surface area contributed by atoms with Crippen LogP contribution in [0, 0.1) is 12.7 Å². The number of hydrogen-bond acceptors (Lipinski definition) is 2. The van der Waals surface area contributed by atoms with Crippen molar-refractivity contribution in [1.82, 2.24) is 9.80 Å². The summed E-state index contributed by atoms with van der Waals surface area (Å²) >= 11 is 0. The van der Waals surface area contributed by atoms with Crippen LogP contribution >= 0.6 is 0 Å². The van der Waals surface area contributed by atoms with Crippen LogP contribution in [0.2, 0.25) is 0 Å². The van der Waals surface area contributed by atoms with Gasteiger partial charge in [0.2, 0.25) is 5.91 Å². The van der Waals surface area contributed by atoms with Gasteiger partial charge in [-0.05, 0) is 49.1 Å². The minimum atomic E-state index is -0.480. The first-order valence-electron chi connectivity index (χ1n) is 8.77. The molecule has 1 aliphatic rings. The fourth-order valence-corrected chi connectivity index (χ4v) is 3.30. The highest BCUT2D eigenvalue weighted by atomic mass is 19.1. The van der Waals surface area contributed by atoms with Gasteiger partial charge >= 0.3 is 0 Å². The molecule has 2 aromatic carbocycles. The number of amides is 2. The maximum absolute atomic E-state index is 13.8. The first kappa shape index (κ1) is 18.1. The monoisotopic (exact) mass is 354 g/mol.